The molecule has 0 spiro atoms. The predicted molar refractivity (Wildman–Crippen MR) is 132 cm³/mol. The fourth-order valence-corrected chi connectivity index (χ4v) is 5.19. The van der Waals surface area contributed by atoms with Crippen molar-refractivity contribution in [1.82, 2.24) is 9.51 Å². The molecule has 1 fully saturated rings. The minimum absolute atomic E-state index is 0.131. The van der Waals surface area contributed by atoms with E-state index in [-0.39, 0.29) is 24.5 Å². The molecule has 2 unspecified atom stereocenters. The molecule has 5 rings (SSSR count). The van der Waals surface area contributed by atoms with Gasteiger partial charge in [-0.3, -0.25) is 5.43 Å². The summed E-state index contributed by atoms with van der Waals surface area (Å²) in [6.45, 7) is 0.182. The largest absolute Gasteiger partial charge is 0.457 e. The summed E-state index contributed by atoms with van der Waals surface area (Å²) in [6.07, 6.45) is 5.22. The second-order valence-electron chi connectivity index (χ2n) is 8.83. The number of carbonyl (C=O) groups excluding carboxylic acids is 1. The minimum atomic E-state index is -0.616. The lowest BCUT2D eigenvalue weighted by Gasteiger charge is -2.37. The Labute approximate surface area is 203 Å². The minimum Gasteiger partial charge on any atom is -0.457 e. The molecule has 176 valence electrons. The van der Waals surface area contributed by atoms with Crippen LogP contribution in [0.15, 0.2) is 66.9 Å². The number of ether oxygens (including phenoxy) is 1. The lowest BCUT2D eigenvalue weighted by Crippen LogP contribution is -2.35. The smallest absolute Gasteiger partial charge is 0.148 e. The zero-order valence-corrected chi connectivity index (χ0v) is 19.4. The second-order valence-corrected chi connectivity index (χ2v) is 9.19. The topological polar surface area (TPSA) is 86.7 Å². The van der Waals surface area contributed by atoms with E-state index in [0.29, 0.717) is 5.82 Å². The van der Waals surface area contributed by atoms with Crippen molar-refractivity contribution >= 4 is 29.6 Å². The van der Waals surface area contributed by atoms with Gasteiger partial charge < -0.3 is 20.0 Å². The Hall–Kier alpha value is -3.13. The van der Waals surface area contributed by atoms with Crippen LogP contribution in [0.5, 0.6) is 11.5 Å². The number of benzene rings is 2. The number of aldehydes is 1. The molecule has 3 aromatic rings. The van der Waals surface area contributed by atoms with Crippen molar-refractivity contribution in [2.75, 3.05) is 17.3 Å². The average Bonchev–Trinajstić information content (AvgIpc) is 3.21. The number of pyridine rings is 1. The number of rotatable bonds is 7. The molecule has 34 heavy (non-hydrogen) atoms. The van der Waals surface area contributed by atoms with Crippen LogP contribution in [0.25, 0.3) is 0 Å². The van der Waals surface area contributed by atoms with Crippen molar-refractivity contribution in [3.8, 4) is 11.5 Å². The standard InChI is InChI=1S/C26H27ClN4O3/c27-31-24(16-33)25-23(12-13-28-26(25)30-31)29-22-11-6-17(15-32)14-21(22)18-7-9-20(10-8-18)34-19-4-2-1-3-5-19/h1-5,7-10,12-13,16-17,21-22,24,32H,6,11,14-15H2,(H2,28,29,30)/t17-,21?,22-,24?/m1/s1. The first-order chi connectivity index (χ1) is 16.7. The molecule has 1 aliphatic heterocycles. The Morgan fingerprint density at radius 3 is 2.62 bits per heavy atom. The Morgan fingerprint density at radius 1 is 1.12 bits per heavy atom. The molecule has 1 aromatic heterocycles. The highest BCUT2D eigenvalue weighted by atomic mass is 35.5. The van der Waals surface area contributed by atoms with E-state index >= 15 is 0 Å². The first-order valence-electron chi connectivity index (χ1n) is 11.5. The van der Waals surface area contributed by atoms with Crippen molar-refractivity contribution in [2.24, 2.45) is 5.92 Å². The third-order valence-corrected chi connectivity index (χ3v) is 7.01. The predicted octanol–water partition coefficient (Wildman–Crippen LogP) is 5.27. The van der Waals surface area contributed by atoms with Gasteiger partial charge in [0.05, 0.1) is 0 Å². The van der Waals surface area contributed by atoms with Gasteiger partial charge in [0, 0.05) is 47.8 Å². The number of hydrogen-bond acceptors (Lipinski definition) is 7. The van der Waals surface area contributed by atoms with Gasteiger partial charge in [0.1, 0.15) is 29.6 Å². The van der Waals surface area contributed by atoms with Gasteiger partial charge in [0.15, 0.2) is 0 Å². The monoisotopic (exact) mass is 478 g/mol. The molecule has 0 saturated heterocycles. The van der Waals surface area contributed by atoms with Gasteiger partial charge in [-0.2, -0.15) is 0 Å². The maximum atomic E-state index is 11.7. The van der Waals surface area contributed by atoms with E-state index in [1.54, 1.807) is 6.20 Å². The maximum Gasteiger partial charge on any atom is 0.148 e. The molecule has 0 bridgehead atoms. The SMILES string of the molecule is O=CC1c2c(N[C@@H]3CC[C@@H](CO)CC3c3ccc(Oc4ccccc4)cc3)ccnc2NN1Cl. The molecular weight excluding hydrogens is 452 g/mol. The molecule has 3 N–H and O–H groups in total. The number of aliphatic hydroxyl groups is 1. The lowest BCUT2D eigenvalue weighted by molar-refractivity contribution is -0.110. The van der Waals surface area contributed by atoms with Crippen molar-refractivity contribution in [3.05, 3.63) is 78.0 Å². The van der Waals surface area contributed by atoms with Crippen LogP contribution in [0.1, 0.15) is 42.3 Å². The molecule has 7 nitrogen and oxygen atoms in total. The summed E-state index contributed by atoms with van der Waals surface area (Å²) in [7, 11) is 0. The molecule has 8 heteroatoms. The zero-order valence-electron chi connectivity index (χ0n) is 18.6. The second kappa shape index (κ2) is 10.0. The molecular formula is C26H27ClN4O3. The van der Waals surface area contributed by atoms with Crippen LogP contribution in [-0.4, -0.2) is 33.6 Å². The van der Waals surface area contributed by atoms with Crippen LogP contribution in [0.4, 0.5) is 11.5 Å². The Kier molecular flexibility index (Phi) is 6.67. The molecule has 1 aliphatic carbocycles. The number of carbonyl (C=O) groups is 1. The molecule has 4 atom stereocenters. The fourth-order valence-electron chi connectivity index (χ4n) is 4.97. The van der Waals surface area contributed by atoms with Crippen molar-refractivity contribution in [3.63, 3.8) is 0 Å². The number of anilines is 2. The van der Waals surface area contributed by atoms with E-state index in [4.69, 9.17) is 16.5 Å². The number of aromatic nitrogens is 1. The van der Waals surface area contributed by atoms with Crippen LogP contribution < -0.4 is 15.5 Å². The van der Waals surface area contributed by atoms with Crippen LogP contribution in [0.3, 0.4) is 0 Å². The van der Waals surface area contributed by atoms with Gasteiger partial charge in [0.2, 0.25) is 0 Å². The van der Waals surface area contributed by atoms with Crippen LogP contribution >= 0.6 is 11.8 Å². The first kappa shape index (κ1) is 22.7. The number of fused-ring (bicyclic) bond motifs is 1. The van der Waals surface area contributed by atoms with E-state index in [1.165, 1.54) is 10.1 Å². The van der Waals surface area contributed by atoms with Gasteiger partial charge in [-0.15, -0.1) is 4.53 Å². The molecule has 2 aromatic carbocycles. The number of para-hydroxylation sites is 1. The first-order valence-corrected chi connectivity index (χ1v) is 11.9. The highest BCUT2D eigenvalue weighted by Crippen LogP contribution is 2.42. The summed E-state index contributed by atoms with van der Waals surface area (Å²) in [5.74, 6) is 2.61. The summed E-state index contributed by atoms with van der Waals surface area (Å²) in [5, 5.41) is 13.5. The van der Waals surface area contributed by atoms with Crippen molar-refractivity contribution in [2.45, 2.75) is 37.3 Å². The number of halogens is 1. The van der Waals surface area contributed by atoms with E-state index in [1.807, 2.05) is 48.5 Å². The Balaban J connectivity index is 1.39. The number of aliphatic hydroxyl groups excluding tert-OH is 1. The van der Waals surface area contributed by atoms with Crippen LogP contribution in [0, 0.1) is 5.92 Å². The molecule has 2 heterocycles. The van der Waals surface area contributed by atoms with Crippen LogP contribution in [0.2, 0.25) is 0 Å². The lowest BCUT2D eigenvalue weighted by atomic mass is 9.74. The van der Waals surface area contributed by atoms with Crippen LogP contribution in [-0.2, 0) is 4.79 Å². The highest BCUT2D eigenvalue weighted by molar-refractivity contribution is 6.15. The van der Waals surface area contributed by atoms with E-state index in [2.05, 4.69) is 27.9 Å². The average molecular weight is 479 g/mol. The van der Waals surface area contributed by atoms with Gasteiger partial charge in [-0.1, -0.05) is 30.3 Å². The Bertz CT molecular complexity index is 1130. The molecule has 0 amide bonds. The van der Waals surface area contributed by atoms with E-state index < -0.39 is 6.04 Å². The van der Waals surface area contributed by atoms with Gasteiger partial charge in [0.25, 0.3) is 0 Å². The number of nitrogens with zero attached hydrogens (tertiary/aromatic N) is 2. The molecule has 1 saturated carbocycles. The van der Waals surface area contributed by atoms with Gasteiger partial charge in [-0.25, -0.2) is 4.98 Å². The fraction of sp³-hybridized carbons (Fsp3) is 0.308. The highest BCUT2D eigenvalue weighted by Gasteiger charge is 2.36. The number of hydrogen-bond donors (Lipinski definition) is 3. The third kappa shape index (κ3) is 4.59. The summed E-state index contributed by atoms with van der Waals surface area (Å²) in [6, 6.07) is 19.3. The molecule has 2 aliphatic rings. The normalized spacial score (nSPS) is 24.2. The maximum absolute atomic E-state index is 11.7. The van der Waals surface area contributed by atoms with Gasteiger partial charge >= 0.3 is 0 Å². The zero-order chi connectivity index (χ0) is 23.5. The summed E-state index contributed by atoms with van der Waals surface area (Å²) >= 11 is 6.18. The Morgan fingerprint density at radius 2 is 1.88 bits per heavy atom. The van der Waals surface area contributed by atoms with Crippen molar-refractivity contribution < 1.29 is 14.6 Å². The van der Waals surface area contributed by atoms with Gasteiger partial charge in [-0.05, 0) is 61.1 Å². The number of nitrogens with one attached hydrogen (secondary N) is 2. The molecule has 0 radical (unpaired) electrons. The summed E-state index contributed by atoms with van der Waals surface area (Å²) in [4.78, 5) is 16.0. The third-order valence-electron chi connectivity index (χ3n) is 6.72. The van der Waals surface area contributed by atoms with Crippen molar-refractivity contribution in [1.29, 1.82) is 0 Å². The number of hydrazine groups is 1. The summed E-state index contributed by atoms with van der Waals surface area (Å²) < 4.78 is 7.20. The van der Waals surface area contributed by atoms with E-state index in [0.717, 1.165) is 48.3 Å². The summed E-state index contributed by atoms with van der Waals surface area (Å²) in [5.41, 5.74) is 5.72. The van der Waals surface area contributed by atoms with E-state index in [9.17, 15) is 9.90 Å². The quantitative estimate of drug-likeness (QED) is 0.315.